The summed E-state index contributed by atoms with van der Waals surface area (Å²) in [6.45, 7) is 5.79. The Balaban J connectivity index is 2.17. The van der Waals surface area contributed by atoms with E-state index in [1.165, 1.54) is 0 Å². The van der Waals surface area contributed by atoms with E-state index in [4.69, 9.17) is 4.74 Å². The molecule has 0 radical (unpaired) electrons. The monoisotopic (exact) mass is 254 g/mol. The quantitative estimate of drug-likeness (QED) is 0.462. The molecule has 0 amide bonds. The summed E-state index contributed by atoms with van der Waals surface area (Å²) in [5, 5.41) is 2.21. The highest BCUT2D eigenvalue weighted by Crippen LogP contribution is 2.21. The van der Waals surface area contributed by atoms with Crippen molar-refractivity contribution in [3.8, 4) is 5.75 Å². The maximum absolute atomic E-state index is 11.9. The number of carbonyl (C=O) groups excluding carboxylic acids is 1. The van der Waals surface area contributed by atoms with E-state index in [0.717, 1.165) is 16.3 Å². The van der Waals surface area contributed by atoms with Crippen LogP contribution in [0.3, 0.4) is 0 Å². The van der Waals surface area contributed by atoms with Gasteiger partial charge in [-0.25, -0.2) is 0 Å². The van der Waals surface area contributed by atoms with Crippen molar-refractivity contribution >= 4 is 16.7 Å². The van der Waals surface area contributed by atoms with Crippen LogP contribution in [0.15, 0.2) is 54.1 Å². The van der Waals surface area contributed by atoms with Gasteiger partial charge in [-0.3, -0.25) is 4.79 Å². The van der Waals surface area contributed by atoms with Crippen LogP contribution in [0.2, 0.25) is 0 Å². The van der Waals surface area contributed by atoms with E-state index < -0.39 is 0 Å². The third kappa shape index (κ3) is 3.44. The van der Waals surface area contributed by atoms with Gasteiger partial charge in [-0.2, -0.15) is 0 Å². The van der Waals surface area contributed by atoms with Gasteiger partial charge in [-0.05, 0) is 43.7 Å². The van der Waals surface area contributed by atoms with Gasteiger partial charge < -0.3 is 4.74 Å². The lowest BCUT2D eigenvalue weighted by atomic mass is 10.1. The number of benzene rings is 2. The Hall–Kier alpha value is -2.09. The molecule has 1 atom stereocenters. The second-order valence-corrected chi connectivity index (χ2v) is 4.96. The van der Waals surface area contributed by atoms with Crippen LogP contribution in [-0.2, 0) is 4.79 Å². The van der Waals surface area contributed by atoms with Gasteiger partial charge in [-0.1, -0.05) is 42.0 Å². The molecule has 0 aromatic heterocycles. The summed E-state index contributed by atoms with van der Waals surface area (Å²) in [4.78, 5) is 11.9. The molecular weight excluding hydrogens is 236 g/mol. The SMILES string of the molecule is CC(C)=C[C@H](C)C(=O)Oc1ccc2ccccc2c1. The van der Waals surface area contributed by atoms with Gasteiger partial charge in [0, 0.05) is 0 Å². The van der Waals surface area contributed by atoms with Gasteiger partial charge in [0.2, 0.25) is 0 Å². The van der Waals surface area contributed by atoms with Crippen molar-refractivity contribution < 1.29 is 9.53 Å². The topological polar surface area (TPSA) is 26.3 Å². The molecule has 2 aromatic rings. The molecule has 0 aliphatic carbocycles. The maximum atomic E-state index is 11.9. The average Bonchev–Trinajstić information content (AvgIpc) is 2.37. The maximum Gasteiger partial charge on any atom is 0.317 e. The Morgan fingerprint density at radius 2 is 1.79 bits per heavy atom. The van der Waals surface area contributed by atoms with Crippen molar-refractivity contribution in [3.05, 3.63) is 54.1 Å². The number of carbonyl (C=O) groups is 1. The smallest absolute Gasteiger partial charge is 0.317 e. The van der Waals surface area contributed by atoms with E-state index in [0.29, 0.717) is 5.75 Å². The zero-order valence-electron chi connectivity index (χ0n) is 11.5. The molecule has 19 heavy (non-hydrogen) atoms. The lowest BCUT2D eigenvalue weighted by Gasteiger charge is -2.09. The molecule has 2 aromatic carbocycles. The average molecular weight is 254 g/mol. The number of allylic oxidation sites excluding steroid dienone is 1. The van der Waals surface area contributed by atoms with Gasteiger partial charge in [0.15, 0.2) is 0 Å². The molecule has 0 spiro atoms. The Morgan fingerprint density at radius 3 is 2.47 bits per heavy atom. The van der Waals surface area contributed by atoms with Crippen molar-refractivity contribution in [2.45, 2.75) is 20.8 Å². The van der Waals surface area contributed by atoms with Gasteiger partial charge in [0.1, 0.15) is 5.75 Å². The van der Waals surface area contributed by atoms with Crippen LogP contribution in [-0.4, -0.2) is 5.97 Å². The molecular formula is C17H18O2. The molecule has 2 heteroatoms. The fourth-order valence-electron chi connectivity index (χ4n) is 2.01. The minimum atomic E-state index is -0.225. The second-order valence-electron chi connectivity index (χ2n) is 4.96. The largest absolute Gasteiger partial charge is 0.426 e. The van der Waals surface area contributed by atoms with Crippen LogP contribution < -0.4 is 4.74 Å². The number of esters is 1. The number of ether oxygens (including phenoxy) is 1. The summed E-state index contributed by atoms with van der Waals surface area (Å²) >= 11 is 0. The van der Waals surface area contributed by atoms with E-state index in [1.807, 2.05) is 69.3 Å². The zero-order valence-corrected chi connectivity index (χ0v) is 11.5. The van der Waals surface area contributed by atoms with Gasteiger partial charge in [-0.15, -0.1) is 0 Å². The Morgan fingerprint density at radius 1 is 1.11 bits per heavy atom. The molecule has 2 rings (SSSR count). The summed E-state index contributed by atoms with van der Waals surface area (Å²) in [6.07, 6.45) is 1.91. The molecule has 2 nitrogen and oxygen atoms in total. The minimum Gasteiger partial charge on any atom is -0.426 e. The summed E-state index contributed by atoms with van der Waals surface area (Å²) < 4.78 is 5.40. The predicted molar refractivity (Wildman–Crippen MR) is 78.2 cm³/mol. The first-order valence-corrected chi connectivity index (χ1v) is 6.42. The number of hydrogen-bond donors (Lipinski definition) is 0. The number of rotatable bonds is 3. The van der Waals surface area contributed by atoms with E-state index in [-0.39, 0.29) is 11.9 Å². The normalized spacial score (nSPS) is 11.9. The third-order valence-corrected chi connectivity index (χ3v) is 2.89. The van der Waals surface area contributed by atoms with Crippen molar-refractivity contribution in [1.29, 1.82) is 0 Å². The Labute approximate surface area is 113 Å². The van der Waals surface area contributed by atoms with E-state index in [2.05, 4.69) is 0 Å². The van der Waals surface area contributed by atoms with Gasteiger partial charge in [0.25, 0.3) is 0 Å². The van der Waals surface area contributed by atoms with Crippen molar-refractivity contribution in [2.75, 3.05) is 0 Å². The van der Waals surface area contributed by atoms with E-state index in [9.17, 15) is 4.79 Å². The highest BCUT2D eigenvalue weighted by atomic mass is 16.5. The fraction of sp³-hybridized carbons (Fsp3) is 0.235. The summed E-state index contributed by atoms with van der Waals surface area (Å²) in [6, 6.07) is 13.7. The summed E-state index contributed by atoms with van der Waals surface area (Å²) in [7, 11) is 0. The van der Waals surface area contributed by atoms with Crippen molar-refractivity contribution in [2.24, 2.45) is 5.92 Å². The summed E-state index contributed by atoms with van der Waals surface area (Å²) in [5.74, 6) is 0.144. The number of hydrogen-bond acceptors (Lipinski definition) is 2. The first-order chi connectivity index (χ1) is 9.06. The van der Waals surface area contributed by atoms with E-state index >= 15 is 0 Å². The highest BCUT2D eigenvalue weighted by molar-refractivity contribution is 5.85. The van der Waals surface area contributed by atoms with Crippen LogP contribution in [0.5, 0.6) is 5.75 Å². The molecule has 0 unspecified atom stereocenters. The summed E-state index contributed by atoms with van der Waals surface area (Å²) in [5.41, 5.74) is 1.11. The molecule has 0 N–H and O–H groups in total. The minimum absolute atomic E-state index is 0.225. The molecule has 98 valence electrons. The van der Waals surface area contributed by atoms with Crippen LogP contribution >= 0.6 is 0 Å². The molecule has 0 saturated heterocycles. The molecule has 0 aliphatic heterocycles. The van der Waals surface area contributed by atoms with Crippen LogP contribution in [0.1, 0.15) is 20.8 Å². The molecule has 0 bridgehead atoms. The highest BCUT2D eigenvalue weighted by Gasteiger charge is 2.12. The lowest BCUT2D eigenvalue weighted by Crippen LogP contribution is -2.16. The van der Waals surface area contributed by atoms with Crippen LogP contribution in [0, 0.1) is 5.92 Å². The first kappa shape index (κ1) is 13.3. The fourth-order valence-corrected chi connectivity index (χ4v) is 2.01. The third-order valence-electron chi connectivity index (χ3n) is 2.89. The Kier molecular flexibility index (Phi) is 4.00. The lowest BCUT2D eigenvalue weighted by molar-refractivity contribution is -0.136. The predicted octanol–water partition coefficient (Wildman–Crippen LogP) is 4.35. The first-order valence-electron chi connectivity index (χ1n) is 6.42. The number of fused-ring (bicyclic) bond motifs is 1. The van der Waals surface area contributed by atoms with E-state index in [1.54, 1.807) is 0 Å². The van der Waals surface area contributed by atoms with Crippen LogP contribution in [0.4, 0.5) is 0 Å². The molecule has 0 heterocycles. The molecule has 0 fully saturated rings. The Bertz CT molecular complexity index is 622. The van der Waals surface area contributed by atoms with Crippen molar-refractivity contribution in [3.63, 3.8) is 0 Å². The molecule has 0 saturated carbocycles. The van der Waals surface area contributed by atoms with Crippen molar-refractivity contribution in [1.82, 2.24) is 0 Å². The molecule has 0 aliphatic rings. The van der Waals surface area contributed by atoms with Crippen LogP contribution in [0.25, 0.3) is 10.8 Å². The van der Waals surface area contributed by atoms with Gasteiger partial charge >= 0.3 is 5.97 Å². The van der Waals surface area contributed by atoms with Gasteiger partial charge in [0.05, 0.1) is 5.92 Å². The standard InChI is InChI=1S/C17H18O2/c1-12(2)10-13(3)17(18)19-16-9-8-14-6-4-5-7-15(14)11-16/h4-11,13H,1-3H3/t13-/m0/s1. The second kappa shape index (κ2) is 5.70. The zero-order chi connectivity index (χ0) is 13.8.